The van der Waals surface area contributed by atoms with E-state index in [0.717, 1.165) is 58.3 Å². The number of anilines is 2. The minimum Gasteiger partial charge on any atom is -0.323 e. The first-order valence-electron chi connectivity index (χ1n) is 10.2. The third-order valence-corrected chi connectivity index (χ3v) is 5.87. The van der Waals surface area contributed by atoms with Gasteiger partial charge in [-0.3, -0.25) is 4.98 Å². The predicted molar refractivity (Wildman–Crippen MR) is 120 cm³/mol. The molecule has 30 heavy (non-hydrogen) atoms. The van der Waals surface area contributed by atoms with Crippen LogP contribution in [-0.2, 0) is 6.54 Å². The van der Waals surface area contributed by atoms with Crippen LogP contribution in [0.25, 0.3) is 11.1 Å². The van der Waals surface area contributed by atoms with Crippen LogP contribution in [0.4, 0.5) is 11.6 Å². The maximum absolute atomic E-state index is 6.46. The molecular weight excluding hydrogens is 394 g/mol. The van der Waals surface area contributed by atoms with Crippen LogP contribution in [0.1, 0.15) is 35.8 Å². The summed E-state index contributed by atoms with van der Waals surface area (Å²) in [5.74, 6) is 1.77. The molecule has 0 radical (unpaired) electrons. The zero-order valence-electron chi connectivity index (χ0n) is 16.7. The first kappa shape index (κ1) is 18.8. The van der Waals surface area contributed by atoms with Crippen molar-refractivity contribution >= 4 is 23.2 Å². The maximum Gasteiger partial charge on any atom is 0.246 e. The molecule has 1 unspecified atom stereocenters. The molecule has 0 bridgehead atoms. The second kappa shape index (κ2) is 7.92. The van der Waals surface area contributed by atoms with Crippen molar-refractivity contribution in [3.05, 3.63) is 89.0 Å². The molecule has 150 valence electrons. The van der Waals surface area contributed by atoms with E-state index in [4.69, 9.17) is 16.6 Å². The maximum atomic E-state index is 6.46. The topological polar surface area (TPSA) is 55.6 Å². The summed E-state index contributed by atoms with van der Waals surface area (Å²) in [7, 11) is 0. The number of aromatic nitrogens is 4. The average Bonchev–Trinajstić information content (AvgIpc) is 3.17. The summed E-state index contributed by atoms with van der Waals surface area (Å²) >= 11 is 6.46. The molecule has 0 saturated heterocycles. The number of halogens is 1. The zero-order chi connectivity index (χ0) is 20.5. The van der Waals surface area contributed by atoms with Gasteiger partial charge in [-0.05, 0) is 66.8 Å². The van der Waals surface area contributed by atoms with E-state index >= 15 is 0 Å². The molecular formula is C24H22ClN5. The Bertz CT molecular complexity index is 1180. The number of nitrogens with one attached hydrogen (secondary N) is 1. The van der Waals surface area contributed by atoms with Gasteiger partial charge >= 0.3 is 0 Å². The summed E-state index contributed by atoms with van der Waals surface area (Å²) in [6, 6.07) is 20.4. The molecule has 1 aliphatic heterocycles. The van der Waals surface area contributed by atoms with Gasteiger partial charge in [-0.25, -0.2) is 4.68 Å². The van der Waals surface area contributed by atoms with Crippen LogP contribution in [0.3, 0.4) is 0 Å². The van der Waals surface area contributed by atoms with E-state index in [2.05, 4.69) is 51.8 Å². The van der Waals surface area contributed by atoms with Crippen molar-refractivity contribution < 1.29 is 0 Å². The van der Waals surface area contributed by atoms with Gasteiger partial charge in [-0.2, -0.15) is 4.98 Å². The van der Waals surface area contributed by atoms with Gasteiger partial charge in [0.25, 0.3) is 0 Å². The molecule has 1 aliphatic rings. The van der Waals surface area contributed by atoms with Crippen LogP contribution in [0, 0.1) is 6.92 Å². The van der Waals surface area contributed by atoms with E-state index in [0.29, 0.717) is 5.95 Å². The van der Waals surface area contributed by atoms with Crippen LogP contribution >= 0.6 is 11.6 Å². The minimum absolute atomic E-state index is 0.174. The van der Waals surface area contributed by atoms with Gasteiger partial charge in [0.1, 0.15) is 5.82 Å². The highest BCUT2D eigenvalue weighted by molar-refractivity contribution is 6.31. The molecule has 0 spiro atoms. The number of aryl methyl sites for hydroxylation is 2. The standard InChI is InChI=1S/C24H22ClN5/c1-16-15-18(12-13-26-16)17-8-10-19(11-9-17)27-24-28-23-21(6-4-14-30(23)29-24)20-5-2-3-7-22(20)25/h2-3,5,7-13,15,21H,4,6,14H2,1H3,(H,27,29). The molecule has 6 heteroatoms. The minimum atomic E-state index is 0.174. The SMILES string of the molecule is Cc1cc(-c2ccc(Nc3nc4n(n3)CCCC4c3ccccc3Cl)cc2)ccn1. The smallest absolute Gasteiger partial charge is 0.246 e. The van der Waals surface area contributed by atoms with Crippen LogP contribution < -0.4 is 5.32 Å². The number of benzene rings is 2. The lowest BCUT2D eigenvalue weighted by atomic mass is 9.91. The van der Waals surface area contributed by atoms with Crippen LogP contribution in [0.2, 0.25) is 5.02 Å². The Morgan fingerprint density at radius 2 is 1.87 bits per heavy atom. The third-order valence-electron chi connectivity index (χ3n) is 5.53. The normalized spacial score (nSPS) is 15.6. The largest absolute Gasteiger partial charge is 0.323 e. The number of pyridine rings is 1. The van der Waals surface area contributed by atoms with Crippen molar-refractivity contribution in [2.24, 2.45) is 0 Å². The molecule has 0 fully saturated rings. The van der Waals surface area contributed by atoms with Gasteiger partial charge in [-0.15, -0.1) is 5.10 Å². The number of hydrogen-bond acceptors (Lipinski definition) is 4. The van der Waals surface area contributed by atoms with E-state index < -0.39 is 0 Å². The lowest BCUT2D eigenvalue weighted by Gasteiger charge is -2.23. The molecule has 0 saturated carbocycles. The Balaban J connectivity index is 1.38. The Kier molecular flexibility index (Phi) is 4.97. The molecule has 1 N–H and O–H groups in total. The Morgan fingerprint density at radius 3 is 2.67 bits per heavy atom. The molecule has 5 rings (SSSR count). The van der Waals surface area contributed by atoms with Crippen molar-refractivity contribution in [2.75, 3.05) is 5.32 Å². The van der Waals surface area contributed by atoms with Crippen molar-refractivity contribution in [1.29, 1.82) is 0 Å². The number of fused-ring (bicyclic) bond motifs is 1. The Hall–Kier alpha value is -3.18. The van der Waals surface area contributed by atoms with Gasteiger partial charge in [0.15, 0.2) is 0 Å². The predicted octanol–water partition coefficient (Wildman–Crippen LogP) is 5.97. The molecule has 0 amide bonds. The van der Waals surface area contributed by atoms with Gasteiger partial charge in [-0.1, -0.05) is 41.9 Å². The molecule has 4 aromatic rings. The van der Waals surface area contributed by atoms with Gasteiger partial charge in [0.2, 0.25) is 5.95 Å². The van der Waals surface area contributed by atoms with Crippen molar-refractivity contribution in [3.63, 3.8) is 0 Å². The van der Waals surface area contributed by atoms with E-state index in [1.165, 1.54) is 0 Å². The molecule has 2 aromatic heterocycles. The van der Waals surface area contributed by atoms with E-state index in [-0.39, 0.29) is 5.92 Å². The first-order valence-corrected chi connectivity index (χ1v) is 10.5. The first-order chi connectivity index (χ1) is 14.7. The zero-order valence-corrected chi connectivity index (χ0v) is 17.5. The molecule has 2 aromatic carbocycles. The van der Waals surface area contributed by atoms with Crippen LogP contribution in [-0.4, -0.2) is 19.7 Å². The number of hydrogen-bond donors (Lipinski definition) is 1. The fraction of sp³-hybridized carbons (Fsp3) is 0.208. The van der Waals surface area contributed by atoms with E-state index in [1.54, 1.807) is 0 Å². The molecule has 3 heterocycles. The second-order valence-corrected chi connectivity index (χ2v) is 8.03. The summed E-state index contributed by atoms with van der Waals surface area (Å²) in [4.78, 5) is 9.08. The van der Waals surface area contributed by atoms with Crippen molar-refractivity contribution in [1.82, 2.24) is 19.7 Å². The number of rotatable bonds is 4. The van der Waals surface area contributed by atoms with E-state index in [1.807, 2.05) is 42.1 Å². The van der Waals surface area contributed by atoms with Crippen molar-refractivity contribution in [2.45, 2.75) is 32.2 Å². The quantitative estimate of drug-likeness (QED) is 0.446. The summed E-state index contributed by atoms with van der Waals surface area (Å²) in [5.41, 5.74) is 5.41. The highest BCUT2D eigenvalue weighted by atomic mass is 35.5. The third kappa shape index (κ3) is 3.68. The van der Waals surface area contributed by atoms with Crippen molar-refractivity contribution in [3.8, 4) is 11.1 Å². The molecule has 0 aliphatic carbocycles. The fourth-order valence-electron chi connectivity index (χ4n) is 4.06. The second-order valence-electron chi connectivity index (χ2n) is 7.62. The fourth-order valence-corrected chi connectivity index (χ4v) is 4.32. The van der Waals surface area contributed by atoms with E-state index in [9.17, 15) is 0 Å². The molecule has 5 nitrogen and oxygen atoms in total. The highest BCUT2D eigenvalue weighted by Crippen LogP contribution is 2.36. The Morgan fingerprint density at radius 1 is 1.03 bits per heavy atom. The summed E-state index contributed by atoms with van der Waals surface area (Å²) in [5, 5.41) is 8.82. The van der Waals surface area contributed by atoms with Gasteiger partial charge in [0, 0.05) is 35.1 Å². The lowest BCUT2D eigenvalue weighted by Crippen LogP contribution is -2.18. The van der Waals surface area contributed by atoms with Crippen LogP contribution in [0.15, 0.2) is 66.9 Å². The molecule has 1 atom stereocenters. The average molecular weight is 416 g/mol. The lowest BCUT2D eigenvalue weighted by molar-refractivity contribution is 0.446. The van der Waals surface area contributed by atoms with Gasteiger partial charge < -0.3 is 5.32 Å². The van der Waals surface area contributed by atoms with Gasteiger partial charge in [0.05, 0.1) is 0 Å². The highest BCUT2D eigenvalue weighted by Gasteiger charge is 2.27. The van der Waals surface area contributed by atoms with Crippen LogP contribution in [0.5, 0.6) is 0 Å². The monoisotopic (exact) mass is 415 g/mol. The Labute approximate surface area is 180 Å². The summed E-state index contributed by atoms with van der Waals surface area (Å²) < 4.78 is 2.01. The summed E-state index contributed by atoms with van der Waals surface area (Å²) in [6.45, 7) is 2.88. The number of nitrogens with zero attached hydrogens (tertiary/aromatic N) is 4. The summed E-state index contributed by atoms with van der Waals surface area (Å²) in [6.07, 6.45) is 3.93.